The number of carboxylic acids is 1. The number of amides is 1. The normalized spacial score (nSPS) is 20.7. The van der Waals surface area contributed by atoms with Gasteiger partial charge in [-0.05, 0) is 25.8 Å². The summed E-state index contributed by atoms with van der Waals surface area (Å²) >= 11 is 0. The number of carbonyl (C=O) groups excluding carboxylic acids is 1. The Kier molecular flexibility index (Phi) is 6.56. The van der Waals surface area contributed by atoms with Crippen LogP contribution in [0.1, 0.15) is 32.3 Å². The fourth-order valence-corrected chi connectivity index (χ4v) is 3.14. The van der Waals surface area contributed by atoms with E-state index < -0.39 is 11.4 Å². The zero-order valence-electron chi connectivity index (χ0n) is 15.1. The molecule has 2 rings (SSSR count). The molecule has 1 saturated heterocycles. The second-order valence-electron chi connectivity index (χ2n) is 7.16. The van der Waals surface area contributed by atoms with Crippen molar-refractivity contribution in [2.45, 2.75) is 45.4 Å². The molecule has 2 unspecified atom stereocenters. The third kappa shape index (κ3) is 5.28. The Labute approximate surface area is 148 Å². The summed E-state index contributed by atoms with van der Waals surface area (Å²) in [5.74, 6) is -0.996. The van der Waals surface area contributed by atoms with Gasteiger partial charge in [0.25, 0.3) is 0 Å². The lowest BCUT2D eigenvalue weighted by molar-refractivity contribution is -0.147. The summed E-state index contributed by atoms with van der Waals surface area (Å²) in [7, 11) is 1.59. The summed E-state index contributed by atoms with van der Waals surface area (Å²) in [5, 5.41) is 9.10. The summed E-state index contributed by atoms with van der Waals surface area (Å²) in [6.07, 6.45) is 0.372. The maximum absolute atomic E-state index is 13.0. The van der Waals surface area contributed by atoms with Gasteiger partial charge in [0.1, 0.15) is 0 Å². The van der Waals surface area contributed by atoms with Gasteiger partial charge in [-0.3, -0.25) is 9.59 Å². The molecule has 6 heteroatoms. The molecule has 0 aromatic heterocycles. The van der Waals surface area contributed by atoms with Gasteiger partial charge >= 0.3 is 5.97 Å². The first kappa shape index (κ1) is 19.4. The molecule has 138 valence electrons. The third-order valence-corrected chi connectivity index (χ3v) is 4.53. The van der Waals surface area contributed by atoms with Crippen molar-refractivity contribution in [3.05, 3.63) is 35.9 Å². The SMILES string of the molecule is COC1CC(CC(=O)O)N(C(=O)C(C)(C)COCc2ccccc2)C1. The summed E-state index contributed by atoms with van der Waals surface area (Å²) in [5.41, 5.74) is 0.323. The summed E-state index contributed by atoms with van der Waals surface area (Å²) in [4.78, 5) is 25.7. The molecule has 1 aliphatic heterocycles. The van der Waals surface area contributed by atoms with Gasteiger partial charge in [0, 0.05) is 19.7 Å². The number of hydrogen-bond donors (Lipinski definition) is 1. The molecule has 0 spiro atoms. The Morgan fingerprint density at radius 1 is 1.28 bits per heavy atom. The van der Waals surface area contributed by atoms with E-state index in [0.717, 1.165) is 5.56 Å². The van der Waals surface area contributed by atoms with Crippen LogP contribution in [0.25, 0.3) is 0 Å². The van der Waals surface area contributed by atoms with Crippen molar-refractivity contribution < 1.29 is 24.2 Å². The quantitative estimate of drug-likeness (QED) is 0.779. The number of methoxy groups -OCH3 is 1. The maximum Gasteiger partial charge on any atom is 0.305 e. The van der Waals surface area contributed by atoms with Gasteiger partial charge in [0.15, 0.2) is 0 Å². The van der Waals surface area contributed by atoms with Crippen LogP contribution in [-0.4, -0.2) is 54.3 Å². The predicted octanol–water partition coefficient (Wildman–Crippen LogP) is 2.32. The highest BCUT2D eigenvalue weighted by molar-refractivity contribution is 5.83. The predicted molar refractivity (Wildman–Crippen MR) is 93.0 cm³/mol. The number of ether oxygens (including phenoxy) is 2. The highest BCUT2D eigenvalue weighted by Crippen LogP contribution is 2.29. The lowest BCUT2D eigenvalue weighted by atomic mass is 9.92. The number of nitrogens with zero attached hydrogens (tertiary/aromatic N) is 1. The topological polar surface area (TPSA) is 76.1 Å². The lowest BCUT2D eigenvalue weighted by Crippen LogP contribution is -2.46. The molecule has 1 amide bonds. The Balaban J connectivity index is 1.96. The van der Waals surface area contributed by atoms with Crippen LogP contribution in [0.2, 0.25) is 0 Å². The monoisotopic (exact) mass is 349 g/mol. The molecule has 0 saturated carbocycles. The molecular formula is C19H27NO5. The van der Waals surface area contributed by atoms with Crippen LogP contribution in [0.4, 0.5) is 0 Å². The number of rotatable bonds is 8. The number of likely N-dealkylation sites (tertiary alicyclic amines) is 1. The van der Waals surface area contributed by atoms with Gasteiger partial charge in [-0.15, -0.1) is 0 Å². The fraction of sp³-hybridized carbons (Fsp3) is 0.579. The second-order valence-corrected chi connectivity index (χ2v) is 7.16. The minimum Gasteiger partial charge on any atom is -0.481 e. The lowest BCUT2D eigenvalue weighted by Gasteiger charge is -2.32. The zero-order chi connectivity index (χ0) is 18.4. The molecule has 1 aliphatic rings. The van der Waals surface area contributed by atoms with Gasteiger partial charge in [0.2, 0.25) is 5.91 Å². The van der Waals surface area contributed by atoms with Crippen LogP contribution >= 0.6 is 0 Å². The molecule has 1 fully saturated rings. The number of carboxylic acid groups (broad SMARTS) is 1. The van der Waals surface area contributed by atoms with Crippen LogP contribution in [-0.2, 0) is 25.7 Å². The largest absolute Gasteiger partial charge is 0.481 e. The number of aliphatic carboxylic acids is 1. The van der Waals surface area contributed by atoms with Crippen LogP contribution in [0, 0.1) is 5.41 Å². The maximum atomic E-state index is 13.0. The van der Waals surface area contributed by atoms with E-state index in [4.69, 9.17) is 14.6 Å². The highest BCUT2D eigenvalue weighted by atomic mass is 16.5. The standard InChI is InChI=1S/C19H27NO5/c1-19(2,13-25-12-14-7-5-4-6-8-14)18(23)20-11-16(24-3)9-15(20)10-17(21)22/h4-8,15-16H,9-13H2,1-3H3,(H,21,22). The fourth-order valence-electron chi connectivity index (χ4n) is 3.14. The average Bonchev–Trinajstić information content (AvgIpc) is 2.97. The third-order valence-electron chi connectivity index (χ3n) is 4.53. The van der Waals surface area contributed by atoms with E-state index in [-0.39, 0.29) is 31.1 Å². The first-order valence-corrected chi connectivity index (χ1v) is 8.51. The Morgan fingerprint density at radius 3 is 2.56 bits per heavy atom. The van der Waals surface area contributed by atoms with Gasteiger partial charge < -0.3 is 19.5 Å². The molecule has 1 N–H and O–H groups in total. The summed E-state index contributed by atoms with van der Waals surface area (Å²) < 4.78 is 11.1. The van der Waals surface area contributed by atoms with E-state index in [0.29, 0.717) is 19.6 Å². The minimum absolute atomic E-state index is 0.0629. The van der Waals surface area contributed by atoms with Gasteiger partial charge in [-0.1, -0.05) is 30.3 Å². The van der Waals surface area contributed by atoms with Crippen LogP contribution in [0.3, 0.4) is 0 Å². The molecule has 0 aliphatic carbocycles. The number of benzene rings is 1. The van der Waals surface area contributed by atoms with Crippen molar-refractivity contribution in [2.24, 2.45) is 5.41 Å². The van der Waals surface area contributed by atoms with Crippen molar-refractivity contribution in [1.29, 1.82) is 0 Å². The van der Waals surface area contributed by atoms with Crippen LogP contribution in [0.5, 0.6) is 0 Å². The molecule has 2 atom stereocenters. The molecule has 1 aromatic carbocycles. The van der Waals surface area contributed by atoms with Crippen molar-refractivity contribution in [1.82, 2.24) is 4.90 Å². The van der Waals surface area contributed by atoms with Gasteiger partial charge in [-0.25, -0.2) is 0 Å². The van der Waals surface area contributed by atoms with E-state index in [1.807, 2.05) is 44.2 Å². The smallest absolute Gasteiger partial charge is 0.305 e. The molecule has 25 heavy (non-hydrogen) atoms. The van der Waals surface area contributed by atoms with E-state index >= 15 is 0 Å². The first-order valence-electron chi connectivity index (χ1n) is 8.51. The van der Waals surface area contributed by atoms with Gasteiger partial charge in [0.05, 0.1) is 31.2 Å². The van der Waals surface area contributed by atoms with E-state index in [1.165, 1.54) is 0 Å². The Morgan fingerprint density at radius 2 is 1.96 bits per heavy atom. The van der Waals surface area contributed by atoms with E-state index in [2.05, 4.69) is 0 Å². The molecule has 0 bridgehead atoms. The van der Waals surface area contributed by atoms with E-state index in [1.54, 1.807) is 12.0 Å². The van der Waals surface area contributed by atoms with Crippen molar-refractivity contribution in [3.8, 4) is 0 Å². The highest BCUT2D eigenvalue weighted by Gasteiger charge is 2.42. The minimum atomic E-state index is -0.905. The number of hydrogen-bond acceptors (Lipinski definition) is 4. The summed E-state index contributed by atoms with van der Waals surface area (Å²) in [6.45, 7) is 4.80. The summed E-state index contributed by atoms with van der Waals surface area (Å²) in [6, 6.07) is 9.45. The van der Waals surface area contributed by atoms with Crippen molar-refractivity contribution in [2.75, 3.05) is 20.3 Å². The van der Waals surface area contributed by atoms with Crippen molar-refractivity contribution >= 4 is 11.9 Å². The van der Waals surface area contributed by atoms with Crippen molar-refractivity contribution in [3.63, 3.8) is 0 Å². The Hall–Kier alpha value is -1.92. The van der Waals surface area contributed by atoms with E-state index in [9.17, 15) is 9.59 Å². The molecular weight excluding hydrogens is 322 g/mol. The molecule has 0 radical (unpaired) electrons. The zero-order valence-corrected chi connectivity index (χ0v) is 15.1. The second kappa shape index (κ2) is 8.45. The average molecular weight is 349 g/mol. The van der Waals surface area contributed by atoms with Crippen LogP contribution in [0.15, 0.2) is 30.3 Å². The molecule has 1 heterocycles. The van der Waals surface area contributed by atoms with Crippen LogP contribution < -0.4 is 0 Å². The van der Waals surface area contributed by atoms with Gasteiger partial charge in [-0.2, -0.15) is 0 Å². The Bertz CT molecular complexity index is 587. The first-order chi connectivity index (χ1) is 11.8. The molecule has 6 nitrogen and oxygen atoms in total. The molecule has 1 aromatic rings. The number of carbonyl (C=O) groups is 2.